The second kappa shape index (κ2) is 6.21. The molecule has 1 N–H and O–H groups in total. The standard InChI is InChI=1S/C14H18ClNO2/c1-10-4-2-3-5-11(10)9-18-14-6-12(8-17)13(15)7-16-14/h2-3,6-7,10-11,17H,4-5,8-9H2,1H3. The van der Waals surface area contributed by atoms with Crippen molar-refractivity contribution in [1.29, 1.82) is 0 Å². The molecule has 0 radical (unpaired) electrons. The number of rotatable bonds is 4. The number of hydrogen-bond donors (Lipinski definition) is 1. The molecule has 0 amide bonds. The highest BCUT2D eigenvalue weighted by Gasteiger charge is 2.19. The predicted octanol–water partition coefficient (Wildman–Crippen LogP) is 3.21. The van der Waals surface area contributed by atoms with E-state index in [1.54, 1.807) is 6.07 Å². The second-order valence-corrected chi connectivity index (χ2v) is 5.17. The molecule has 2 unspecified atom stereocenters. The Balaban J connectivity index is 1.95. The van der Waals surface area contributed by atoms with Crippen LogP contribution in [-0.2, 0) is 6.61 Å². The molecule has 0 bridgehead atoms. The number of aliphatic hydroxyl groups excluding tert-OH is 1. The molecule has 2 rings (SSSR count). The van der Waals surface area contributed by atoms with Crippen molar-refractivity contribution in [3.05, 3.63) is 35.0 Å². The van der Waals surface area contributed by atoms with Crippen LogP contribution in [0.2, 0.25) is 5.02 Å². The summed E-state index contributed by atoms with van der Waals surface area (Å²) in [5.41, 5.74) is 0.651. The molecule has 18 heavy (non-hydrogen) atoms. The fourth-order valence-corrected chi connectivity index (χ4v) is 2.25. The number of ether oxygens (including phenoxy) is 1. The van der Waals surface area contributed by atoms with Crippen molar-refractivity contribution in [3.63, 3.8) is 0 Å². The lowest BCUT2D eigenvalue weighted by atomic mass is 9.85. The normalized spacial score (nSPS) is 23.1. The summed E-state index contributed by atoms with van der Waals surface area (Å²) in [6, 6.07) is 1.70. The van der Waals surface area contributed by atoms with Crippen LogP contribution in [0.1, 0.15) is 25.3 Å². The van der Waals surface area contributed by atoms with Gasteiger partial charge in [0.1, 0.15) is 0 Å². The Morgan fingerprint density at radius 3 is 2.94 bits per heavy atom. The van der Waals surface area contributed by atoms with E-state index in [2.05, 4.69) is 24.1 Å². The van der Waals surface area contributed by atoms with E-state index in [0.717, 1.165) is 12.8 Å². The molecule has 1 aromatic rings. The first-order valence-electron chi connectivity index (χ1n) is 6.23. The van der Waals surface area contributed by atoms with Crippen LogP contribution < -0.4 is 4.74 Å². The zero-order chi connectivity index (χ0) is 13.0. The molecule has 2 atom stereocenters. The third-order valence-corrected chi connectivity index (χ3v) is 3.78. The lowest BCUT2D eigenvalue weighted by molar-refractivity contribution is 0.192. The number of pyridine rings is 1. The molecule has 3 nitrogen and oxygen atoms in total. The maximum atomic E-state index is 9.12. The lowest BCUT2D eigenvalue weighted by Gasteiger charge is -2.24. The Labute approximate surface area is 112 Å². The van der Waals surface area contributed by atoms with Crippen LogP contribution in [0.4, 0.5) is 0 Å². The van der Waals surface area contributed by atoms with Gasteiger partial charge in [0.2, 0.25) is 5.88 Å². The van der Waals surface area contributed by atoms with Crippen LogP contribution in [0.25, 0.3) is 0 Å². The zero-order valence-electron chi connectivity index (χ0n) is 10.5. The van der Waals surface area contributed by atoms with Crippen molar-refractivity contribution in [2.24, 2.45) is 11.8 Å². The average Bonchev–Trinajstić information content (AvgIpc) is 2.39. The first kappa shape index (κ1) is 13.4. The van der Waals surface area contributed by atoms with Gasteiger partial charge in [0.15, 0.2) is 0 Å². The van der Waals surface area contributed by atoms with Gasteiger partial charge < -0.3 is 9.84 Å². The van der Waals surface area contributed by atoms with Crippen molar-refractivity contribution in [1.82, 2.24) is 4.98 Å². The first-order valence-corrected chi connectivity index (χ1v) is 6.61. The smallest absolute Gasteiger partial charge is 0.213 e. The van der Waals surface area contributed by atoms with Gasteiger partial charge in [0.05, 0.1) is 18.2 Å². The van der Waals surface area contributed by atoms with E-state index in [0.29, 0.717) is 34.9 Å². The second-order valence-electron chi connectivity index (χ2n) is 4.76. The SMILES string of the molecule is CC1CC=CCC1COc1cc(CO)c(Cl)cn1. The minimum absolute atomic E-state index is 0.0969. The summed E-state index contributed by atoms with van der Waals surface area (Å²) in [5, 5.41) is 9.60. The number of halogens is 1. The summed E-state index contributed by atoms with van der Waals surface area (Å²) < 4.78 is 5.70. The van der Waals surface area contributed by atoms with Gasteiger partial charge in [-0.15, -0.1) is 0 Å². The summed E-state index contributed by atoms with van der Waals surface area (Å²) in [6.45, 7) is 2.80. The molecule has 1 aromatic heterocycles. The Morgan fingerprint density at radius 2 is 2.22 bits per heavy atom. The van der Waals surface area contributed by atoms with Gasteiger partial charge >= 0.3 is 0 Å². The molecular formula is C14H18ClNO2. The van der Waals surface area contributed by atoms with E-state index in [4.69, 9.17) is 21.4 Å². The summed E-state index contributed by atoms with van der Waals surface area (Å²) in [7, 11) is 0. The molecule has 0 saturated heterocycles. The van der Waals surface area contributed by atoms with E-state index in [9.17, 15) is 0 Å². The Hall–Kier alpha value is -1.06. The molecule has 1 aliphatic carbocycles. The lowest BCUT2D eigenvalue weighted by Crippen LogP contribution is -2.21. The number of allylic oxidation sites excluding steroid dienone is 2. The van der Waals surface area contributed by atoms with E-state index in [1.807, 2.05) is 0 Å². The summed E-state index contributed by atoms with van der Waals surface area (Å²) in [6.07, 6.45) is 8.13. The van der Waals surface area contributed by atoms with Crippen LogP contribution >= 0.6 is 11.6 Å². The molecule has 1 heterocycles. The monoisotopic (exact) mass is 267 g/mol. The minimum atomic E-state index is -0.0969. The van der Waals surface area contributed by atoms with Crippen LogP contribution in [0.15, 0.2) is 24.4 Å². The maximum Gasteiger partial charge on any atom is 0.213 e. The Morgan fingerprint density at radius 1 is 1.44 bits per heavy atom. The summed E-state index contributed by atoms with van der Waals surface area (Å²) in [4.78, 5) is 4.11. The van der Waals surface area contributed by atoms with Crippen LogP contribution in [0.3, 0.4) is 0 Å². The molecule has 0 saturated carbocycles. The fraction of sp³-hybridized carbons (Fsp3) is 0.500. The quantitative estimate of drug-likeness (QED) is 0.852. The van der Waals surface area contributed by atoms with Crippen molar-refractivity contribution in [2.75, 3.05) is 6.61 Å². The van der Waals surface area contributed by atoms with Gasteiger partial charge in [-0.1, -0.05) is 30.7 Å². The van der Waals surface area contributed by atoms with Gasteiger partial charge in [-0.05, 0) is 24.7 Å². The molecule has 98 valence electrons. The van der Waals surface area contributed by atoms with E-state index >= 15 is 0 Å². The largest absolute Gasteiger partial charge is 0.477 e. The Bertz CT molecular complexity index is 434. The molecular weight excluding hydrogens is 250 g/mol. The van der Waals surface area contributed by atoms with E-state index in [1.165, 1.54) is 6.20 Å². The topological polar surface area (TPSA) is 42.4 Å². The maximum absolute atomic E-state index is 9.12. The van der Waals surface area contributed by atoms with Crippen molar-refractivity contribution in [3.8, 4) is 5.88 Å². The predicted molar refractivity (Wildman–Crippen MR) is 71.7 cm³/mol. The molecule has 0 spiro atoms. The highest BCUT2D eigenvalue weighted by molar-refractivity contribution is 6.31. The highest BCUT2D eigenvalue weighted by atomic mass is 35.5. The van der Waals surface area contributed by atoms with Gasteiger partial charge in [0, 0.05) is 17.8 Å². The van der Waals surface area contributed by atoms with Crippen molar-refractivity contribution < 1.29 is 9.84 Å². The van der Waals surface area contributed by atoms with Crippen LogP contribution in [-0.4, -0.2) is 16.7 Å². The molecule has 1 aliphatic rings. The van der Waals surface area contributed by atoms with E-state index < -0.39 is 0 Å². The number of aliphatic hydroxyl groups is 1. The fourth-order valence-electron chi connectivity index (χ4n) is 2.09. The Kier molecular flexibility index (Phi) is 4.61. The van der Waals surface area contributed by atoms with Crippen molar-refractivity contribution in [2.45, 2.75) is 26.4 Å². The molecule has 4 heteroatoms. The number of nitrogens with zero attached hydrogens (tertiary/aromatic N) is 1. The average molecular weight is 268 g/mol. The van der Waals surface area contributed by atoms with Crippen LogP contribution in [0.5, 0.6) is 5.88 Å². The molecule has 0 aliphatic heterocycles. The third-order valence-electron chi connectivity index (χ3n) is 3.44. The summed E-state index contributed by atoms with van der Waals surface area (Å²) in [5.74, 6) is 1.70. The van der Waals surface area contributed by atoms with Gasteiger partial charge in [-0.25, -0.2) is 4.98 Å². The number of aromatic nitrogens is 1. The van der Waals surface area contributed by atoms with Crippen LogP contribution in [0, 0.1) is 11.8 Å². The minimum Gasteiger partial charge on any atom is -0.477 e. The highest BCUT2D eigenvalue weighted by Crippen LogP contribution is 2.26. The first-order chi connectivity index (χ1) is 8.70. The van der Waals surface area contributed by atoms with E-state index in [-0.39, 0.29) is 6.61 Å². The van der Waals surface area contributed by atoms with Crippen molar-refractivity contribution >= 4 is 11.6 Å². The van der Waals surface area contributed by atoms with Gasteiger partial charge in [-0.3, -0.25) is 0 Å². The van der Waals surface area contributed by atoms with Gasteiger partial charge in [-0.2, -0.15) is 0 Å². The summed E-state index contributed by atoms with van der Waals surface area (Å²) >= 11 is 5.88. The zero-order valence-corrected chi connectivity index (χ0v) is 11.2. The van der Waals surface area contributed by atoms with Gasteiger partial charge in [0.25, 0.3) is 0 Å². The third kappa shape index (κ3) is 3.24. The number of hydrogen-bond acceptors (Lipinski definition) is 3. The molecule has 0 aromatic carbocycles. The molecule has 0 fully saturated rings.